The molecule has 0 bridgehead atoms. The number of halogens is 1. The highest BCUT2D eigenvalue weighted by atomic mass is 19.1. The van der Waals surface area contributed by atoms with Crippen molar-refractivity contribution in [1.82, 2.24) is 0 Å². The average molecular weight is 267 g/mol. The number of primary amides is 1. The quantitative estimate of drug-likeness (QED) is 0.693. The summed E-state index contributed by atoms with van der Waals surface area (Å²) in [5.74, 6) is -2.45. The molecule has 0 aliphatic carbocycles. The summed E-state index contributed by atoms with van der Waals surface area (Å²) in [7, 11) is 0. The molecule has 2 rings (SSSR count). The molecular weight excluding hydrogens is 253 g/mol. The number of amides is 1. The van der Waals surface area contributed by atoms with Gasteiger partial charge in [0.25, 0.3) is 0 Å². The Morgan fingerprint density at radius 1 is 1.42 bits per heavy atom. The summed E-state index contributed by atoms with van der Waals surface area (Å²) in [4.78, 5) is 23.8. The van der Waals surface area contributed by atoms with Crippen LogP contribution in [0.5, 0.6) is 0 Å². The van der Waals surface area contributed by atoms with Crippen LogP contribution in [0.1, 0.15) is 23.2 Å². The van der Waals surface area contributed by atoms with E-state index in [0.717, 1.165) is 12.1 Å². The van der Waals surface area contributed by atoms with E-state index < -0.39 is 23.7 Å². The van der Waals surface area contributed by atoms with Crippen LogP contribution in [0.25, 0.3) is 0 Å². The normalized spacial score (nSPS) is 18.6. The second kappa shape index (κ2) is 4.75. The minimum Gasteiger partial charge on any atom is -0.478 e. The molecule has 1 aromatic rings. The molecule has 6 nitrogen and oxygen atoms in total. The van der Waals surface area contributed by atoms with Gasteiger partial charge in [0, 0.05) is 12.2 Å². The molecule has 7 heteroatoms. The van der Waals surface area contributed by atoms with Crippen LogP contribution in [0, 0.1) is 5.82 Å². The van der Waals surface area contributed by atoms with Crippen LogP contribution >= 0.6 is 0 Å². The Balaban J connectivity index is 2.47. The topological polar surface area (TPSA) is 110 Å². The van der Waals surface area contributed by atoms with Crippen LogP contribution in [-0.2, 0) is 4.79 Å². The van der Waals surface area contributed by atoms with E-state index in [1.165, 1.54) is 4.90 Å². The summed E-state index contributed by atoms with van der Waals surface area (Å²) >= 11 is 0. The zero-order valence-corrected chi connectivity index (χ0v) is 10.1. The molecule has 1 heterocycles. The standard InChI is InChI=1S/C12H14FN3O3/c13-7-5-8(14)6(12(18)19)4-10(7)16-3-1-2-9(16)11(15)17/h4-5,9H,1-3,14H2,(H2,15,17)(H,18,19). The van der Waals surface area contributed by atoms with Crippen LogP contribution < -0.4 is 16.4 Å². The maximum Gasteiger partial charge on any atom is 0.337 e. The molecule has 0 spiro atoms. The molecule has 19 heavy (non-hydrogen) atoms. The van der Waals surface area contributed by atoms with Crippen LogP contribution in [-0.4, -0.2) is 29.6 Å². The number of carbonyl (C=O) groups is 2. The number of benzene rings is 1. The van der Waals surface area contributed by atoms with Gasteiger partial charge in [-0.3, -0.25) is 4.79 Å². The van der Waals surface area contributed by atoms with Crippen LogP contribution in [0.4, 0.5) is 15.8 Å². The van der Waals surface area contributed by atoms with E-state index in [2.05, 4.69) is 0 Å². The Morgan fingerprint density at radius 3 is 2.68 bits per heavy atom. The molecule has 1 aliphatic heterocycles. The van der Waals surface area contributed by atoms with E-state index in [0.29, 0.717) is 19.4 Å². The molecule has 1 aromatic carbocycles. The molecule has 1 aliphatic rings. The van der Waals surface area contributed by atoms with Gasteiger partial charge in [0.1, 0.15) is 11.9 Å². The highest BCUT2D eigenvalue weighted by Crippen LogP contribution is 2.31. The van der Waals surface area contributed by atoms with Crippen molar-refractivity contribution in [2.75, 3.05) is 17.2 Å². The Labute approximate surface area is 108 Å². The van der Waals surface area contributed by atoms with Gasteiger partial charge in [-0.2, -0.15) is 0 Å². The fourth-order valence-electron chi connectivity index (χ4n) is 2.33. The summed E-state index contributed by atoms with van der Waals surface area (Å²) in [5.41, 5.74) is 10.4. The maximum atomic E-state index is 13.9. The van der Waals surface area contributed by atoms with Gasteiger partial charge in [0.2, 0.25) is 5.91 Å². The molecule has 1 amide bonds. The van der Waals surface area contributed by atoms with Crippen molar-refractivity contribution < 1.29 is 19.1 Å². The zero-order chi connectivity index (χ0) is 14.2. The number of hydrogen-bond donors (Lipinski definition) is 3. The summed E-state index contributed by atoms with van der Waals surface area (Å²) in [5, 5.41) is 8.99. The molecule has 1 saturated heterocycles. The van der Waals surface area contributed by atoms with E-state index in [9.17, 15) is 14.0 Å². The number of nitrogens with two attached hydrogens (primary N) is 2. The molecular formula is C12H14FN3O3. The minimum atomic E-state index is -1.24. The first-order chi connectivity index (χ1) is 8.91. The number of aromatic carboxylic acids is 1. The van der Waals surface area contributed by atoms with E-state index in [1.54, 1.807) is 0 Å². The fourth-order valence-corrected chi connectivity index (χ4v) is 2.33. The number of rotatable bonds is 3. The third kappa shape index (κ3) is 2.31. The summed E-state index contributed by atoms with van der Waals surface area (Å²) < 4.78 is 13.9. The van der Waals surface area contributed by atoms with E-state index in [4.69, 9.17) is 16.6 Å². The average Bonchev–Trinajstić information content (AvgIpc) is 2.77. The Hall–Kier alpha value is -2.31. The number of carboxylic acids is 1. The third-order valence-electron chi connectivity index (χ3n) is 3.24. The van der Waals surface area contributed by atoms with Gasteiger partial charge in [-0.25, -0.2) is 9.18 Å². The number of carboxylic acid groups (broad SMARTS) is 1. The van der Waals surface area contributed by atoms with E-state index >= 15 is 0 Å². The lowest BCUT2D eigenvalue weighted by molar-refractivity contribution is -0.119. The molecule has 1 fully saturated rings. The molecule has 102 valence electrons. The second-order valence-electron chi connectivity index (χ2n) is 4.45. The van der Waals surface area contributed by atoms with E-state index in [1.807, 2.05) is 0 Å². The number of nitrogen functional groups attached to an aromatic ring is 1. The molecule has 0 saturated carbocycles. The lowest BCUT2D eigenvalue weighted by Gasteiger charge is -2.25. The van der Waals surface area contributed by atoms with Gasteiger partial charge in [0.15, 0.2) is 0 Å². The molecule has 1 unspecified atom stereocenters. The third-order valence-corrected chi connectivity index (χ3v) is 3.24. The van der Waals surface area contributed by atoms with Gasteiger partial charge >= 0.3 is 5.97 Å². The van der Waals surface area contributed by atoms with Gasteiger partial charge in [-0.05, 0) is 25.0 Å². The summed E-state index contributed by atoms with van der Waals surface area (Å²) in [6.45, 7) is 0.452. The van der Waals surface area contributed by atoms with Crippen molar-refractivity contribution >= 4 is 23.3 Å². The predicted octanol–water partition coefficient (Wildman–Crippen LogP) is 0.560. The lowest BCUT2D eigenvalue weighted by Crippen LogP contribution is -2.40. The summed E-state index contributed by atoms with van der Waals surface area (Å²) in [6.07, 6.45) is 1.22. The molecule has 5 N–H and O–H groups in total. The zero-order valence-electron chi connectivity index (χ0n) is 10.1. The first-order valence-electron chi connectivity index (χ1n) is 5.80. The first-order valence-corrected chi connectivity index (χ1v) is 5.80. The Morgan fingerprint density at radius 2 is 2.11 bits per heavy atom. The molecule has 1 atom stereocenters. The first kappa shape index (κ1) is 13.1. The minimum absolute atomic E-state index is 0.0490. The van der Waals surface area contributed by atoms with Gasteiger partial charge in [0.05, 0.1) is 11.3 Å². The number of anilines is 2. The van der Waals surface area contributed by atoms with Crippen molar-refractivity contribution in [3.63, 3.8) is 0 Å². The van der Waals surface area contributed by atoms with Gasteiger partial charge in [-0.1, -0.05) is 0 Å². The van der Waals surface area contributed by atoms with Gasteiger partial charge < -0.3 is 21.5 Å². The van der Waals surface area contributed by atoms with Crippen molar-refractivity contribution in [2.45, 2.75) is 18.9 Å². The number of hydrogen-bond acceptors (Lipinski definition) is 4. The fraction of sp³-hybridized carbons (Fsp3) is 0.333. The van der Waals surface area contributed by atoms with Crippen LogP contribution in [0.15, 0.2) is 12.1 Å². The van der Waals surface area contributed by atoms with Crippen molar-refractivity contribution in [2.24, 2.45) is 5.73 Å². The maximum absolute atomic E-state index is 13.9. The van der Waals surface area contributed by atoms with E-state index in [-0.39, 0.29) is 16.9 Å². The second-order valence-corrected chi connectivity index (χ2v) is 4.45. The molecule has 0 aromatic heterocycles. The monoisotopic (exact) mass is 267 g/mol. The SMILES string of the molecule is NC(=O)C1CCCN1c1cc(C(=O)O)c(N)cc1F. The predicted molar refractivity (Wildman–Crippen MR) is 67.3 cm³/mol. The van der Waals surface area contributed by atoms with Crippen LogP contribution in [0.2, 0.25) is 0 Å². The highest BCUT2D eigenvalue weighted by molar-refractivity contribution is 5.95. The van der Waals surface area contributed by atoms with Crippen molar-refractivity contribution in [3.8, 4) is 0 Å². The number of nitrogens with zero attached hydrogens (tertiary/aromatic N) is 1. The van der Waals surface area contributed by atoms with Crippen LogP contribution in [0.3, 0.4) is 0 Å². The lowest BCUT2D eigenvalue weighted by atomic mass is 10.1. The largest absolute Gasteiger partial charge is 0.478 e. The number of carbonyl (C=O) groups excluding carboxylic acids is 1. The summed E-state index contributed by atoms with van der Waals surface area (Å²) in [6, 6.07) is 1.49. The smallest absolute Gasteiger partial charge is 0.337 e. The Bertz CT molecular complexity index is 547. The Kier molecular flexibility index (Phi) is 3.28. The molecule has 0 radical (unpaired) electrons. The van der Waals surface area contributed by atoms with Crippen molar-refractivity contribution in [3.05, 3.63) is 23.5 Å². The van der Waals surface area contributed by atoms with Crippen molar-refractivity contribution in [1.29, 1.82) is 0 Å². The van der Waals surface area contributed by atoms with Gasteiger partial charge in [-0.15, -0.1) is 0 Å². The highest BCUT2D eigenvalue weighted by Gasteiger charge is 2.31.